The number of hydrogen-bond donors (Lipinski definition) is 2. The predicted octanol–water partition coefficient (Wildman–Crippen LogP) is 3.06. The minimum atomic E-state index is -3.67. The number of nitrogens with one attached hydrogen (secondary N) is 2. The van der Waals surface area contributed by atoms with E-state index in [0.29, 0.717) is 31.5 Å². The quantitative estimate of drug-likeness (QED) is 0.685. The van der Waals surface area contributed by atoms with Crippen LogP contribution in [0.25, 0.3) is 0 Å². The van der Waals surface area contributed by atoms with Crippen LogP contribution >= 0.6 is 0 Å². The molecule has 0 bridgehead atoms. The molecule has 30 heavy (non-hydrogen) atoms. The van der Waals surface area contributed by atoms with Gasteiger partial charge in [0.25, 0.3) is 5.91 Å². The summed E-state index contributed by atoms with van der Waals surface area (Å²) in [6.07, 6.45) is 4.08. The number of likely N-dealkylation sites (N-methyl/N-ethyl adjacent to an activating group) is 1. The lowest BCUT2D eigenvalue weighted by Crippen LogP contribution is -2.60. The fraction of sp³-hybridized carbons (Fsp3) is 0.636. The van der Waals surface area contributed by atoms with E-state index in [1.54, 1.807) is 25.7 Å². The molecule has 0 aromatic heterocycles. The average Bonchev–Trinajstić information content (AvgIpc) is 2.68. The van der Waals surface area contributed by atoms with Crippen molar-refractivity contribution in [2.45, 2.75) is 82.7 Å². The molecule has 7 nitrogen and oxygen atoms in total. The largest absolute Gasteiger partial charge is 0.341 e. The molecule has 0 unspecified atom stereocenters. The summed E-state index contributed by atoms with van der Waals surface area (Å²) < 4.78 is 27.5. The van der Waals surface area contributed by atoms with Crippen LogP contribution in [-0.2, 0) is 14.8 Å². The molecule has 1 aliphatic carbocycles. The Kier molecular flexibility index (Phi) is 7.69. The van der Waals surface area contributed by atoms with Gasteiger partial charge in [0.1, 0.15) is 5.54 Å². The van der Waals surface area contributed by atoms with Crippen LogP contribution in [0.5, 0.6) is 0 Å². The third-order valence-corrected chi connectivity index (χ3v) is 7.16. The van der Waals surface area contributed by atoms with Gasteiger partial charge in [0.05, 0.1) is 4.90 Å². The van der Waals surface area contributed by atoms with Crippen LogP contribution < -0.4 is 10.0 Å². The summed E-state index contributed by atoms with van der Waals surface area (Å²) in [6, 6.07) is 5.82. The maximum Gasteiger partial charge on any atom is 0.252 e. The molecule has 1 aliphatic rings. The molecule has 2 rings (SSSR count). The molecular formula is C22H35N3O4S. The monoisotopic (exact) mass is 437 g/mol. The minimum Gasteiger partial charge on any atom is -0.341 e. The van der Waals surface area contributed by atoms with Gasteiger partial charge in [-0.1, -0.05) is 19.3 Å². The molecule has 0 aliphatic heterocycles. The van der Waals surface area contributed by atoms with Gasteiger partial charge >= 0.3 is 0 Å². The maximum absolute atomic E-state index is 13.2. The Balaban J connectivity index is 2.23. The van der Waals surface area contributed by atoms with E-state index in [0.717, 1.165) is 19.3 Å². The third-order valence-electron chi connectivity index (χ3n) is 5.39. The molecule has 1 aromatic rings. The Bertz CT molecular complexity index is 847. The molecule has 0 saturated heterocycles. The Labute approximate surface area is 180 Å². The van der Waals surface area contributed by atoms with E-state index in [-0.39, 0.29) is 16.7 Å². The smallest absolute Gasteiger partial charge is 0.252 e. The molecule has 0 atom stereocenters. The highest BCUT2D eigenvalue weighted by molar-refractivity contribution is 7.89. The standard InChI is InChI=1S/C22H35N3O4S/c1-6-25(7-2)20(27)22(15-9-8-10-16-22)23-19(26)17-11-13-18(14-12-17)30(28,29)24-21(3,4)5/h11-14,24H,6-10,15-16H2,1-5H3,(H,23,26). The molecule has 0 spiro atoms. The first kappa shape index (κ1) is 24.3. The van der Waals surface area contributed by atoms with Crippen LogP contribution in [0.2, 0.25) is 0 Å². The molecule has 0 radical (unpaired) electrons. The van der Waals surface area contributed by atoms with Gasteiger partial charge in [-0.25, -0.2) is 13.1 Å². The molecule has 1 saturated carbocycles. The van der Waals surface area contributed by atoms with Gasteiger partial charge in [-0.2, -0.15) is 0 Å². The number of hydrogen-bond acceptors (Lipinski definition) is 4. The Morgan fingerprint density at radius 3 is 2.00 bits per heavy atom. The molecule has 1 fully saturated rings. The summed E-state index contributed by atoms with van der Waals surface area (Å²) in [5.41, 5.74) is -1.16. The second kappa shape index (κ2) is 9.47. The average molecular weight is 438 g/mol. The van der Waals surface area contributed by atoms with Crippen molar-refractivity contribution in [2.75, 3.05) is 13.1 Å². The lowest BCUT2D eigenvalue weighted by Gasteiger charge is -2.40. The maximum atomic E-state index is 13.2. The lowest BCUT2D eigenvalue weighted by atomic mass is 9.80. The van der Waals surface area contributed by atoms with Crippen molar-refractivity contribution in [3.05, 3.63) is 29.8 Å². The normalized spacial score (nSPS) is 16.7. The second-order valence-corrected chi connectivity index (χ2v) is 10.6. The van der Waals surface area contributed by atoms with Crippen molar-refractivity contribution in [1.29, 1.82) is 0 Å². The van der Waals surface area contributed by atoms with E-state index in [4.69, 9.17) is 0 Å². The van der Waals surface area contributed by atoms with Crippen molar-refractivity contribution in [3.63, 3.8) is 0 Å². The fourth-order valence-electron chi connectivity index (χ4n) is 3.90. The summed E-state index contributed by atoms with van der Waals surface area (Å²) in [5.74, 6) is -0.390. The topological polar surface area (TPSA) is 95.6 Å². The zero-order valence-corrected chi connectivity index (χ0v) is 19.6. The van der Waals surface area contributed by atoms with Gasteiger partial charge in [-0.3, -0.25) is 9.59 Å². The lowest BCUT2D eigenvalue weighted by molar-refractivity contribution is -0.139. The molecule has 1 aromatic carbocycles. The number of rotatable bonds is 7. The third kappa shape index (κ3) is 5.82. The first-order valence-corrected chi connectivity index (χ1v) is 12.2. The molecular weight excluding hydrogens is 402 g/mol. The van der Waals surface area contributed by atoms with Crippen LogP contribution in [0.1, 0.15) is 77.1 Å². The van der Waals surface area contributed by atoms with Crippen LogP contribution in [0.15, 0.2) is 29.2 Å². The van der Waals surface area contributed by atoms with E-state index >= 15 is 0 Å². The van der Waals surface area contributed by atoms with E-state index in [2.05, 4.69) is 10.0 Å². The van der Waals surface area contributed by atoms with E-state index < -0.39 is 21.1 Å². The molecule has 168 valence electrons. The Hall–Kier alpha value is -1.93. The summed E-state index contributed by atoms with van der Waals surface area (Å²) >= 11 is 0. The van der Waals surface area contributed by atoms with Gasteiger partial charge < -0.3 is 10.2 Å². The van der Waals surface area contributed by atoms with Crippen LogP contribution in [0, 0.1) is 0 Å². The first-order chi connectivity index (χ1) is 13.9. The minimum absolute atomic E-state index is 0.0332. The number of sulfonamides is 1. The van der Waals surface area contributed by atoms with Gasteiger partial charge in [0.2, 0.25) is 15.9 Å². The number of nitrogens with zero attached hydrogens (tertiary/aromatic N) is 1. The molecule has 8 heteroatoms. The molecule has 2 amide bonds. The van der Waals surface area contributed by atoms with Crippen molar-refractivity contribution in [3.8, 4) is 0 Å². The summed E-state index contributed by atoms with van der Waals surface area (Å²) in [7, 11) is -3.67. The van der Waals surface area contributed by atoms with Gasteiger partial charge in [0, 0.05) is 24.2 Å². The van der Waals surface area contributed by atoms with Gasteiger partial charge in [-0.15, -0.1) is 0 Å². The van der Waals surface area contributed by atoms with E-state index in [1.165, 1.54) is 24.3 Å². The van der Waals surface area contributed by atoms with Gasteiger partial charge in [-0.05, 0) is 71.7 Å². The highest BCUT2D eigenvalue weighted by atomic mass is 32.2. The fourth-order valence-corrected chi connectivity index (χ4v) is 5.32. The second-order valence-electron chi connectivity index (χ2n) is 8.95. The number of carbonyl (C=O) groups is 2. The summed E-state index contributed by atoms with van der Waals surface area (Å²) in [6.45, 7) is 10.4. The summed E-state index contributed by atoms with van der Waals surface area (Å²) in [4.78, 5) is 28.0. The number of benzene rings is 1. The Morgan fingerprint density at radius 1 is 1.00 bits per heavy atom. The van der Waals surface area contributed by atoms with Gasteiger partial charge in [0.15, 0.2) is 0 Å². The first-order valence-electron chi connectivity index (χ1n) is 10.7. The molecule has 0 heterocycles. The van der Waals surface area contributed by atoms with Crippen molar-refractivity contribution in [1.82, 2.24) is 14.9 Å². The van der Waals surface area contributed by atoms with Crippen molar-refractivity contribution < 1.29 is 18.0 Å². The highest BCUT2D eigenvalue weighted by Gasteiger charge is 2.42. The van der Waals surface area contributed by atoms with Crippen LogP contribution in [0.3, 0.4) is 0 Å². The SMILES string of the molecule is CCN(CC)C(=O)C1(NC(=O)c2ccc(S(=O)(=O)NC(C)(C)C)cc2)CCCCC1. The highest BCUT2D eigenvalue weighted by Crippen LogP contribution is 2.30. The van der Waals surface area contributed by atoms with E-state index in [1.807, 2.05) is 13.8 Å². The number of carbonyl (C=O) groups excluding carboxylic acids is 2. The summed E-state index contributed by atoms with van der Waals surface area (Å²) in [5, 5.41) is 3.00. The predicted molar refractivity (Wildman–Crippen MR) is 118 cm³/mol. The van der Waals surface area contributed by atoms with Crippen molar-refractivity contribution in [2.24, 2.45) is 0 Å². The zero-order chi connectivity index (χ0) is 22.6. The zero-order valence-electron chi connectivity index (χ0n) is 18.7. The Morgan fingerprint density at radius 2 is 1.53 bits per heavy atom. The van der Waals surface area contributed by atoms with Crippen molar-refractivity contribution >= 4 is 21.8 Å². The van der Waals surface area contributed by atoms with Crippen LogP contribution in [0.4, 0.5) is 0 Å². The van der Waals surface area contributed by atoms with E-state index in [9.17, 15) is 18.0 Å². The van der Waals surface area contributed by atoms with Crippen LogP contribution in [-0.4, -0.2) is 49.3 Å². The number of amides is 2. The molecule has 2 N–H and O–H groups in total.